The molecule has 0 aliphatic heterocycles. The summed E-state index contributed by atoms with van der Waals surface area (Å²) >= 11 is 0. The van der Waals surface area contributed by atoms with Crippen LogP contribution in [0.1, 0.15) is 19.4 Å². The Morgan fingerprint density at radius 2 is 1.84 bits per heavy atom. The monoisotopic (exact) mass is 257 g/mol. The Hall–Kier alpha value is -2.17. The van der Waals surface area contributed by atoms with Gasteiger partial charge in [0.15, 0.2) is 0 Å². The van der Waals surface area contributed by atoms with Crippen LogP contribution in [0.25, 0.3) is 11.3 Å². The highest BCUT2D eigenvalue weighted by molar-refractivity contribution is 5.63. The van der Waals surface area contributed by atoms with Gasteiger partial charge in [-0.2, -0.15) is 4.98 Å². The molecule has 19 heavy (non-hydrogen) atoms. The van der Waals surface area contributed by atoms with E-state index in [1.54, 1.807) is 12.3 Å². The molecule has 0 aliphatic rings. The highest BCUT2D eigenvalue weighted by Gasteiger charge is 2.10. The third-order valence-corrected chi connectivity index (χ3v) is 2.95. The molecule has 0 bridgehead atoms. The number of hydrogen-bond donors (Lipinski definition) is 1. The van der Waals surface area contributed by atoms with E-state index in [1.807, 2.05) is 19.2 Å². The summed E-state index contributed by atoms with van der Waals surface area (Å²) in [5, 5.41) is 0. The maximum Gasteiger partial charge on any atom is 0.227 e. The van der Waals surface area contributed by atoms with E-state index < -0.39 is 0 Å². The molecule has 5 nitrogen and oxygen atoms in total. The molecule has 0 unspecified atom stereocenters. The van der Waals surface area contributed by atoms with Crippen molar-refractivity contribution in [2.45, 2.75) is 20.8 Å². The van der Waals surface area contributed by atoms with Gasteiger partial charge in [-0.3, -0.25) is 4.98 Å². The Balaban J connectivity index is 2.47. The Kier molecular flexibility index (Phi) is 3.94. The normalized spacial score (nSPS) is 10.5. The average molecular weight is 257 g/mol. The first-order valence-corrected chi connectivity index (χ1v) is 6.45. The Morgan fingerprint density at radius 1 is 1.11 bits per heavy atom. The largest absolute Gasteiger partial charge is 0.384 e. The van der Waals surface area contributed by atoms with Crippen molar-refractivity contribution in [3.63, 3.8) is 0 Å². The lowest BCUT2D eigenvalue weighted by atomic mass is 10.1. The smallest absolute Gasteiger partial charge is 0.227 e. The summed E-state index contributed by atoms with van der Waals surface area (Å²) in [4.78, 5) is 15.1. The van der Waals surface area contributed by atoms with Crippen LogP contribution in [0.4, 0.5) is 11.8 Å². The standard InChI is InChI=1S/C14H19N5/c1-4-19(5-2)14-17-12(7-13(15)18-14)11-6-10(3)8-16-9-11/h6-9H,4-5H2,1-3H3,(H2,15,17,18). The first kappa shape index (κ1) is 13.3. The summed E-state index contributed by atoms with van der Waals surface area (Å²) in [5.74, 6) is 1.15. The number of nitrogen functional groups attached to an aromatic ring is 1. The van der Waals surface area contributed by atoms with Crippen molar-refractivity contribution in [2.24, 2.45) is 0 Å². The number of nitrogens with two attached hydrogens (primary N) is 1. The second kappa shape index (κ2) is 5.65. The van der Waals surface area contributed by atoms with Gasteiger partial charge in [-0.15, -0.1) is 0 Å². The number of nitrogens with zero attached hydrogens (tertiary/aromatic N) is 4. The molecule has 0 aromatic carbocycles. The van der Waals surface area contributed by atoms with Gasteiger partial charge >= 0.3 is 0 Å². The van der Waals surface area contributed by atoms with Gasteiger partial charge in [-0.1, -0.05) is 0 Å². The van der Waals surface area contributed by atoms with Gasteiger partial charge < -0.3 is 10.6 Å². The van der Waals surface area contributed by atoms with E-state index in [2.05, 4.69) is 33.7 Å². The minimum atomic E-state index is 0.480. The molecular formula is C14H19N5. The Morgan fingerprint density at radius 3 is 2.47 bits per heavy atom. The third-order valence-electron chi connectivity index (χ3n) is 2.95. The lowest BCUT2D eigenvalue weighted by Gasteiger charge is -2.19. The summed E-state index contributed by atoms with van der Waals surface area (Å²) in [7, 11) is 0. The number of rotatable bonds is 4. The first-order chi connectivity index (χ1) is 9.13. The maximum absolute atomic E-state index is 5.88. The van der Waals surface area contributed by atoms with E-state index in [1.165, 1.54) is 0 Å². The molecule has 0 atom stereocenters. The molecule has 2 aromatic heterocycles. The zero-order valence-electron chi connectivity index (χ0n) is 11.6. The minimum Gasteiger partial charge on any atom is -0.384 e. The van der Waals surface area contributed by atoms with Gasteiger partial charge in [0.1, 0.15) is 5.82 Å². The van der Waals surface area contributed by atoms with Gasteiger partial charge in [0.25, 0.3) is 0 Å². The number of aryl methyl sites for hydroxylation is 1. The fourth-order valence-electron chi connectivity index (χ4n) is 1.94. The molecule has 0 aliphatic carbocycles. The van der Waals surface area contributed by atoms with Crippen molar-refractivity contribution in [1.82, 2.24) is 15.0 Å². The average Bonchev–Trinajstić information content (AvgIpc) is 2.39. The van der Waals surface area contributed by atoms with Gasteiger partial charge in [0, 0.05) is 37.1 Å². The summed E-state index contributed by atoms with van der Waals surface area (Å²) in [6, 6.07) is 3.82. The van der Waals surface area contributed by atoms with Crippen molar-refractivity contribution in [3.05, 3.63) is 30.1 Å². The first-order valence-electron chi connectivity index (χ1n) is 6.45. The molecule has 2 rings (SSSR count). The molecule has 0 amide bonds. The van der Waals surface area contributed by atoms with E-state index in [0.717, 1.165) is 29.9 Å². The zero-order chi connectivity index (χ0) is 13.8. The number of anilines is 2. The molecule has 100 valence electrons. The van der Waals surface area contributed by atoms with Crippen LogP contribution in [-0.4, -0.2) is 28.0 Å². The Labute approximate surface area is 113 Å². The molecule has 2 heterocycles. The van der Waals surface area contributed by atoms with Crippen LogP contribution in [0.3, 0.4) is 0 Å². The summed E-state index contributed by atoms with van der Waals surface area (Å²) < 4.78 is 0. The number of aromatic nitrogens is 3. The summed E-state index contributed by atoms with van der Waals surface area (Å²) in [6.07, 6.45) is 3.61. The molecule has 0 fully saturated rings. The molecule has 5 heteroatoms. The van der Waals surface area contributed by atoms with E-state index >= 15 is 0 Å². The second-order valence-electron chi connectivity index (χ2n) is 4.40. The van der Waals surface area contributed by atoms with E-state index in [-0.39, 0.29) is 0 Å². The van der Waals surface area contributed by atoms with Crippen molar-refractivity contribution >= 4 is 11.8 Å². The minimum absolute atomic E-state index is 0.480. The molecule has 0 radical (unpaired) electrons. The highest BCUT2D eigenvalue weighted by Crippen LogP contribution is 2.21. The van der Waals surface area contributed by atoms with Crippen molar-refractivity contribution in [3.8, 4) is 11.3 Å². The fraction of sp³-hybridized carbons (Fsp3) is 0.357. The summed E-state index contributed by atoms with van der Waals surface area (Å²) in [5.41, 5.74) is 8.75. The van der Waals surface area contributed by atoms with E-state index in [0.29, 0.717) is 11.8 Å². The topological polar surface area (TPSA) is 67.9 Å². The number of pyridine rings is 1. The fourth-order valence-corrected chi connectivity index (χ4v) is 1.94. The van der Waals surface area contributed by atoms with Crippen LogP contribution in [-0.2, 0) is 0 Å². The van der Waals surface area contributed by atoms with Crippen molar-refractivity contribution in [2.75, 3.05) is 23.7 Å². The lowest BCUT2D eigenvalue weighted by Crippen LogP contribution is -2.24. The summed E-state index contributed by atoms with van der Waals surface area (Å²) in [6.45, 7) is 7.86. The lowest BCUT2D eigenvalue weighted by molar-refractivity contribution is 0.823. The van der Waals surface area contributed by atoms with Crippen molar-refractivity contribution < 1.29 is 0 Å². The van der Waals surface area contributed by atoms with E-state index in [4.69, 9.17) is 5.73 Å². The molecule has 2 aromatic rings. The van der Waals surface area contributed by atoms with Crippen molar-refractivity contribution in [1.29, 1.82) is 0 Å². The quantitative estimate of drug-likeness (QED) is 0.910. The van der Waals surface area contributed by atoms with Crippen LogP contribution in [0, 0.1) is 6.92 Å². The van der Waals surface area contributed by atoms with Crippen LogP contribution in [0.2, 0.25) is 0 Å². The SMILES string of the molecule is CCN(CC)c1nc(N)cc(-c2cncc(C)c2)n1. The van der Waals surface area contributed by atoms with Crippen LogP contribution in [0.15, 0.2) is 24.5 Å². The van der Waals surface area contributed by atoms with Crippen LogP contribution < -0.4 is 10.6 Å². The van der Waals surface area contributed by atoms with E-state index in [9.17, 15) is 0 Å². The second-order valence-corrected chi connectivity index (χ2v) is 4.40. The zero-order valence-corrected chi connectivity index (χ0v) is 11.6. The molecular weight excluding hydrogens is 238 g/mol. The van der Waals surface area contributed by atoms with Gasteiger partial charge in [0.05, 0.1) is 5.69 Å². The predicted molar refractivity (Wildman–Crippen MR) is 78.0 cm³/mol. The predicted octanol–water partition coefficient (Wildman–Crippen LogP) is 2.28. The van der Waals surface area contributed by atoms with Gasteiger partial charge in [0.2, 0.25) is 5.95 Å². The maximum atomic E-state index is 5.88. The van der Waals surface area contributed by atoms with Crippen LogP contribution in [0.5, 0.6) is 0 Å². The molecule has 0 saturated heterocycles. The highest BCUT2D eigenvalue weighted by atomic mass is 15.2. The van der Waals surface area contributed by atoms with Gasteiger partial charge in [-0.05, 0) is 32.4 Å². The Bertz CT molecular complexity index is 564. The molecule has 0 spiro atoms. The number of hydrogen-bond acceptors (Lipinski definition) is 5. The molecule has 2 N–H and O–H groups in total. The van der Waals surface area contributed by atoms with Gasteiger partial charge in [-0.25, -0.2) is 4.98 Å². The third kappa shape index (κ3) is 2.99. The molecule has 0 saturated carbocycles. The van der Waals surface area contributed by atoms with Crippen LogP contribution >= 0.6 is 0 Å².